The summed E-state index contributed by atoms with van der Waals surface area (Å²) in [5.74, 6) is 2.98. The van der Waals surface area contributed by atoms with E-state index in [4.69, 9.17) is 16.3 Å². The third kappa shape index (κ3) is 4.89. The Morgan fingerprint density at radius 3 is 2.44 bits per heavy atom. The summed E-state index contributed by atoms with van der Waals surface area (Å²) in [5.41, 5.74) is 0. The molecule has 90 valence electrons. The molecule has 0 bridgehead atoms. The molecule has 1 rings (SSSR count). The molecule has 0 spiro atoms. The number of hydrogen-bond donors (Lipinski definition) is 0. The molecule has 0 radical (unpaired) electrons. The summed E-state index contributed by atoms with van der Waals surface area (Å²) < 4.78 is 5.64. The van der Waals surface area contributed by atoms with Crippen LogP contribution in [-0.4, -0.2) is 12.5 Å². The first-order valence-electron chi connectivity index (χ1n) is 5.98. The zero-order valence-electron chi connectivity index (χ0n) is 10.2. The average molecular weight is 241 g/mol. The van der Waals surface area contributed by atoms with Crippen LogP contribution >= 0.6 is 11.6 Å². The molecule has 1 aromatic carbocycles. The first-order chi connectivity index (χ1) is 7.74. The van der Waals surface area contributed by atoms with E-state index in [1.54, 1.807) is 0 Å². The molecule has 0 aliphatic rings. The van der Waals surface area contributed by atoms with Crippen LogP contribution in [0.25, 0.3) is 0 Å². The van der Waals surface area contributed by atoms with Crippen LogP contribution in [0.3, 0.4) is 0 Å². The molecule has 0 saturated carbocycles. The minimum atomic E-state index is 0.612. The Kier molecular flexibility index (Phi) is 6.32. The largest absolute Gasteiger partial charge is 0.494 e. The molecule has 16 heavy (non-hydrogen) atoms. The first kappa shape index (κ1) is 13.4. The summed E-state index contributed by atoms with van der Waals surface area (Å²) in [4.78, 5) is 0. The van der Waals surface area contributed by atoms with Gasteiger partial charge in [0.1, 0.15) is 5.75 Å². The molecule has 2 heteroatoms. The summed E-state index contributed by atoms with van der Waals surface area (Å²) in [7, 11) is 0. The molecule has 0 aromatic heterocycles. The minimum absolute atomic E-state index is 0.612. The van der Waals surface area contributed by atoms with Crippen molar-refractivity contribution in [3.05, 3.63) is 30.3 Å². The standard InChI is InChI=1S/C14H21ClO/c1-12(2)13(11-15)7-6-10-16-14-8-4-3-5-9-14/h3-5,8-9,12-13H,6-7,10-11H2,1-2H3. The quantitative estimate of drug-likeness (QED) is 0.508. The van der Waals surface area contributed by atoms with Crippen LogP contribution in [0.1, 0.15) is 26.7 Å². The van der Waals surface area contributed by atoms with E-state index in [9.17, 15) is 0 Å². The summed E-state index contributed by atoms with van der Waals surface area (Å²) in [6, 6.07) is 9.95. The third-order valence-electron chi connectivity index (χ3n) is 2.87. The summed E-state index contributed by atoms with van der Waals surface area (Å²) >= 11 is 5.92. The van der Waals surface area contributed by atoms with Gasteiger partial charge in [-0.25, -0.2) is 0 Å². The predicted octanol–water partition coefficient (Wildman–Crippen LogP) is 4.36. The van der Waals surface area contributed by atoms with E-state index in [1.165, 1.54) is 0 Å². The van der Waals surface area contributed by atoms with Crippen molar-refractivity contribution in [2.24, 2.45) is 11.8 Å². The van der Waals surface area contributed by atoms with Crippen LogP contribution in [0.5, 0.6) is 5.75 Å². The number of ether oxygens (including phenoxy) is 1. The molecule has 1 unspecified atom stereocenters. The van der Waals surface area contributed by atoms with Crippen LogP contribution in [0.4, 0.5) is 0 Å². The van der Waals surface area contributed by atoms with Crippen LogP contribution < -0.4 is 4.74 Å². The highest BCUT2D eigenvalue weighted by Crippen LogP contribution is 2.19. The number of halogens is 1. The van der Waals surface area contributed by atoms with Gasteiger partial charge in [0.05, 0.1) is 6.61 Å². The van der Waals surface area contributed by atoms with Gasteiger partial charge in [-0.05, 0) is 36.8 Å². The van der Waals surface area contributed by atoms with Gasteiger partial charge in [0.25, 0.3) is 0 Å². The smallest absolute Gasteiger partial charge is 0.119 e. The molecular weight excluding hydrogens is 220 g/mol. The van der Waals surface area contributed by atoms with Gasteiger partial charge in [-0.15, -0.1) is 11.6 Å². The van der Waals surface area contributed by atoms with Gasteiger partial charge in [0.2, 0.25) is 0 Å². The maximum Gasteiger partial charge on any atom is 0.119 e. The van der Waals surface area contributed by atoms with Crippen molar-refractivity contribution < 1.29 is 4.74 Å². The zero-order valence-corrected chi connectivity index (χ0v) is 10.9. The molecular formula is C14H21ClO. The lowest BCUT2D eigenvalue weighted by Gasteiger charge is -2.17. The Bertz CT molecular complexity index is 271. The number of hydrogen-bond acceptors (Lipinski definition) is 1. The van der Waals surface area contributed by atoms with E-state index in [-0.39, 0.29) is 0 Å². The van der Waals surface area contributed by atoms with Gasteiger partial charge >= 0.3 is 0 Å². The maximum atomic E-state index is 5.92. The molecule has 0 N–H and O–H groups in total. The molecule has 0 aliphatic carbocycles. The van der Waals surface area contributed by atoms with Crippen molar-refractivity contribution in [1.82, 2.24) is 0 Å². The minimum Gasteiger partial charge on any atom is -0.494 e. The average Bonchev–Trinajstić information content (AvgIpc) is 2.30. The molecule has 1 nitrogen and oxygen atoms in total. The molecule has 0 fully saturated rings. The molecule has 0 aliphatic heterocycles. The number of alkyl halides is 1. The molecule has 0 saturated heterocycles. The monoisotopic (exact) mass is 240 g/mol. The van der Waals surface area contributed by atoms with Gasteiger partial charge < -0.3 is 4.74 Å². The highest BCUT2D eigenvalue weighted by atomic mass is 35.5. The van der Waals surface area contributed by atoms with Gasteiger partial charge in [0.15, 0.2) is 0 Å². The molecule has 0 heterocycles. The van der Waals surface area contributed by atoms with Crippen LogP contribution in [0, 0.1) is 11.8 Å². The Labute approximate surface area is 104 Å². The second-order valence-electron chi connectivity index (χ2n) is 4.46. The third-order valence-corrected chi connectivity index (χ3v) is 3.27. The van der Waals surface area contributed by atoms with E-state index in [0.717, 1.165) is 31.1 Å². The van der Waals surface area contributed by atoms with E-state index >= 15 is 0 Å². The van der Waals surface area contributed by atoms with Gasteiger partial charge in [-0.1, -0.05) is 32.0 Å². The van der Waals surface area contributed by atoms with Gasteiger partial charge in [-0.2, -0.15) is 0 Å². The summed E-state index contributed by atoms with van der Waals surface area (Å²) in [6.45, 7) is 5.24. The highest BCUT2D eigenvalue weighted by molar-refractivity contribution is 6.18. The summed E-state index contributed by atoms with van der Waals surface area (Å²) in [6.07, 6.45) is 2.22. The summed E-state index contributed by atoms with van der Waals surface area (Å²) in [5, 5.41) is 0. The maximum absolute atomic E-state index is 5.92. The van der Waals surface area contributed by atoms with E-state index in [2.05, 4.69) is 13.8 Å². The zero-order chi connectivity index (χ0) is 11.8. The predicted molar refractivity (Wildman–Crippen MR) is 70.2 cm³/mol. The SMILES string of the molecule is CC(C)C(CCl)CCCOc1ccccc1. The first-order valence-corrected chi connectivity index (χ1v) is 6.51. The number of benzene rings is 1. The van der Waals surface area contributed by atoms with E-state index < -0.39 is 0 Å². The Morgan fingerprint density at radius 1 is 1.19 bits per heavy atom. The Balaban J connectivity index is 2.16. The van der Waals surface area contributed by atoms with Crippen molar-refractivity contribution in [3.8, 4) is 5.75 Å². The molecule has 1 atom stereocenters. The normalized spacial score (nSPS) is 12.8. The topological polar surface area (TPSA) is 9.23 Å². The van der Waals surface area contributed by atoms with Crippen LogP contribution in [0.15, 0.2) is 30.3 Å². The lowest BCUT2D eigenvalue weighted by Crippen LogP contribution is -2.12. The Hall–Kier alpha value is -0.690. The lowest BCUT2D eigenvalue weighted by molar-refractivity contribution is 0.281. The second-order valence-corrected chi connectivity index (χ2v) is 4.77. The van der Waals surface area contributed by atoms with Crippen molar-refractivity contribution in [3.63, 3.8) is 0 Å². The number of para-hydroxylation sites is 1. The Morgan fingerprint density at radius 2 is 1.88 bits per heavy atom. The fourth-order valence-corrected chi connectivity index (χ4v) is 2.15. The number of rotatable bonds is 7. The highest BCUT2D eigenvalue weighted by Gasteiger charge is 2.11. The van der Waals surface area contributed by atoms with E-state index in [0.29, 0.717) is 11.8 Å². The van der Waals surface area contributed by atoms with Crippen molar-refractivity contribution in [2.45, 2.75) is 26.7 Å². The van der Waals surface area contributed by atoms with Gasteiger partial charge in [-0.3, -0.25) is 0 Å². The molecule has 0 amide bonds. The van der Waals surface area contributed by atoms with Crippen molar-refractivity contribution in [2.75, 3.05) is 12.5 Å². The lowest BCUT2D eigenvalue weighted by atomic mass is 9.93. The van der Waals surface area contributed by atoms with Crippen LogP contribution in [0.2, 0.25) is 0 Å². The van der Waals surface area contributed by atoms with Crippen molar-refractivity contribution >= 4 is 11.6 Å². The van der Waals surface area contributed by atoms with Crippen LogP contribution in [-0.2, 0) is 0 Å². The molecule has 1 aromatic rings. The van der Waals surface area contributed by atoms with Gasteiger partial charge in [0, 0.05) is 5.88 Å². The van der Waals surface area contributed by atoms with Crippen molar-refractivity contribution in [1.29, 1.82) is 0 Å². The fourth-order valence-electron chi connectivity index (χ4n) is 1.64. The fraction of sp³-hybridized carbons (Fsp3) is 0.571. The van der Waals surface area contributed by atoms with E-state index in [1.807, 2.05) is 30.3 Å². The second kappa shape index (κ2) is 7.56.